The molecule has 1 unspecified atom stereocenters. The van der Waals surface area contributed by atoms with E-state index in [0.717, 1.165) is 25.1 Å². The van der Waals surface area contributed by atoms with E-state index in [-0.39, 0.29) is 5.41 Å². The summed E-state index contributed by atoms with van der Waals surface area (Å²) in [5.41, 5.74) is 2.50. The van der Waals surface area contributed by atoms with Crippen molar-refractivity contribution < 1.29 is 0 Å². The Balaban J connectivity index is 2.76. The Hall–Kier alpha value is -1.27. The smallest absolute Gasteiger partial charge is 0.0722 e. The van der Waals surface area contributed by atoms with Crippen molar-refractivity contribution in [3.8, 4) is 12.3 Å². The molecule has 1 aromatic rings. The summed E-state index contributed by atoms with van der Waals surface area (Å²) in [4.78, 5) is 0. The first-order valence-corrected chi connectivity index (χ1v) is 6.58. The average molecular weight is 247 g/mol. The summed E-state index contributed by atoms with van der Waals surface area (Å²) in [7, 11) is 1.97. The van der Waals surface area contributed by atoms with Gasteiger partial charge in [-0.2, -0.15) is 5.10 Å². The second-order valence-corrected chi connectivity index (χ2v) is 5.82. The van der Waals surface area contributed by atoms with Gasteiger partial charge in [-0.1, -0.05) is 27.7 Å². The summed E-state index contributed by atoms with van der Waals surface area (Å²) < 4.78 is 1.89. The maximum Gasteiger partial charge on any atom is 0.0722 e. The largest absolute Gasteiger partial charge is 0.309 e. The summed E-state index contributed by atoms with van der Waals surface area (Å²) in [6, 6.07) is 0.392. The molecule has 0 aromatic carbocycles. The number of rotatable bonds is 5. The van der Waals surface area contributed by atoms with Crippen LogP contribution >= 0.6 is 0 Å². The fraction of sp³-hybridized carbons (Fsp3) is 0.667. The van der Waals surface area contributed by atoms with E-state index in [1.165, 1.54) is 5.56 Å². The van der Waals surface area contributed by atoms with Crippen LogP contribution in [0.3, 0.4) is 0 Å². The van der Waals surface area contributed by atoms with Gasteiger partial charge in [-0.05, 0) is 6.42 Å². The van der Waals surface area contributed by atoms with E-state index in [0.29, 0.717) is 6.04 Å². The predicted octanol–water partition coefficient (Wildman–Crippen LogP) is 2.61. The van der Waals surface area contributed by atoms with Crippen LogP contribution in [0.25, 0.3) is 0 Å². The van der Waals surface area contributed by atoms with Gasteiger partial charge in [-0.3, -0.25) is 4.68 Å². The lowest BCUT2D eigenvalue weighted by atomic mass is 9.89. The Morgan fingerprint density at radius 3 is 2.67 bits per heavy atom. The number of aromatic nitrogens is 2. The van der Waals surface area contributed by atoms with Crippen molar-refractivity contribution >= 4 is 0 Å². The van der Waals surface area contributed by atoms with Crippen molar-refractivity contribution in [2.75, 3.05) is 0 Å². The molecular formula is C15H25N3. The topological polar surface area (TPSA) is 29.9 Å². The third-order valence-corrected chi connectivity index (χ3v) is 3.05. The molecule has 1 aromatic heterocycles. The fourth-order valence-electron chi connectivity index (χ4n) is 2.06. The molecule has 0 aliphatic heterocycles. The van der Waals surface area contributed by atoms with E-state index in [4.69, 9.17) is 6.42 Å². The molecule has 3 nitrogen and oxygen atoms in total. The molecular weight excluding hydrogens is 222 g/mol. The van der Waals surface area contributed by atoms with Crippen LogP contribution in [0.4, 0.5) is 0 Å². The molecule has 0 aliphatic carbocycles. The summed E-state index contributed by atoms with van der Waals surface area (Å²) in [5.74, 6) is 2.72. The Morgan fingerprint density at radius 1 is 1.50 bits per heavy atom. The van der Waals surface area contributed by atoms with Crippen molar-refractivity contribution in [2.24, 2.45) is 7.05 Å². The van der Waals surface area contributed by atoms with Gasteiger partial charge < -0.3 is 5.32 Å². The fourth-order valence-corrected chi connectivity index (χ4v) is 2.06. The highest BCUT2D eigenvalue weighted by Gasteiger charge is 2.21. The quantitative estimate of drug-likeness (QED) is 0.811. The molecule has 3 heteroatoms. The standard InChI is InChI=1S/C15H25N3/c1-7-9-13(8-2)16-10-12-11-18(6)17-14(12)15(3,4)5/h1,11,13,16H,8-10H2,2-6H3. The van der Waals surface area contributed by atoms with Crippen LogP contribution in [0.15, 0.2) is 6.20 Å². The molecule has 0 saturated heterocycles. The molecule has 1 N–H and O–H groups in total. The molecule has 0 bridgehead atoms. The van der Waals surface area contributed by atoms with Crippen LogP contribution in [0.1, 0.15) is 51.8 Å². The van der Waals surface area contributed by atoms with Crippen LogP contribution in [-0.4, -0.2) is 15.8 Å². The van der Waals surface area contributed by atoms with Gasteiger partial charge in [0, 0.05) is 43.2 Å². The van der Waals surface area contributed by atoms with Crippen molar-refractivity contribution in [3.63, 3.8) is 0 Å². The Bertz CT molecular complexity index is 418. The van der Waals surface area contributed by atoms with Crippen LogP contribution in [0, 0.1) is 12.3 Å². The predicted molar refractivity (Wildman–Crippen MR) is 76.3 cm³/mol. The summed E-state index contributed by atoms with van der Waals surface area (Å²) >= 11 is 0. The summed E-state index contributed by atoms with van der Waals surface area (Å²) in [6.45, 7) is 9.57. The van der Waals surface area contributed by atoms with Crippen LogP contribution in [0.2, 0.25) is 0 Å². The van der Waals surface area contributed by atoms with E-state index in [2.05, 4.69) is 50.2 Å². The second-order valence-electron chi connectivity index (χ2n) is 5.82. The number of aryl methyl sites for hydroxylation is 1. The molecule has 1 heterocycles. The molecule has 100 valence electrons. The van der Waals surface area contributed by atoms with Gasteiger partial charge in [0.05, 0.1) is 5.69 Å². The lowest BCUT2D eigenvalue weighted by Gasteiger charge is -2.19. The van der Waals surface area contributed by atoms with Crippen molar-refractivity contribution in [1.82, 2.24) is 15.1 Å². The van der Waals surface area contributed by atoms with E-state index in [1.54, 1.807) is 0 Å². The highest BCUT2D eigenvalue weighted by atomic mass is 15.3. The van der Waals surface area contributed by atoms with Crippen molar-refractivity contribution in [1.29, 1.82) is 0 Å². The zero-order valence-corrected chi connectivity index (χ0v) is 12.2. The Kier molecular flexibility index (Phi) is 4.98. The maximum atomic E-state index is 5.37. The van der Waals surface area contributed by atoms with Gasteiger partial charge in [-0.25, -0.2) is 0 Å². The van der Waals surface area contributed by atoms with Gasteiger partial charge in [0.25, 0.3) is 0 Å². The highest BCUT2D eigenvalue weighted by molar-refractivity contribution is 5.24. The monoisotopic (exact) mass is 247 g/mol. The molecule has 18 heavy (non-hydrogen) atoms. The number of terminal acetylenes is 1. The number of nitrogens with one attached hydrogen (secondary N) is 1. The zero-order chi connectivity index (χ0) is 13.8. The lowest BCUT2D eigenvalue weighted by molar-refractivity contribution is 0.496. The second kappa shape index (κ2) is 6.06. The van der Waals surface area contributed by atoms with Gasteiger partial charge in [0.1, 0.15) is 0 Å². The first-order chi connectivity index (χ1) is 8.38. The minimum atomic E-state index is 0.0755. The lowest BCUT2D eigenvalue weighted by Crippen LogP contribution is -2.28. The molecule has 0 amide bonds. The summed E-state index contributed by atoms with van der Waals surface area (Å²) in [6.07, 6.45) is 9.29. The van der Waals surface area contributed by atoms with Crippen LogP contribution in [-0.2, 0) is 19.0 Å². The highest BCUT2D eigenvalue weighted by Crippen LogP contribution is 2.24. The van der Waals surface area contributed by atoms with Crippen LogP contribution < -0.4 is 5.32 Å². The zero-order valence-electron chi connectivity index (χ0n) is 12.2. The number of hydrogen-bond acceptors (Lipinski definition) is 2. The molecule has 0 fully saturated rings. The van der Waals surface area contributed by atoms with E-state index >= 15 is 0 Å². The SMILES string of the molecule is C#CCC(CC)NCc1cn(C)nc1C(C)(C)C. The summed E-state index contributed by atoms with van der Waals surface area (Å²) in [5, 5.41) is 8.08. The van der Waals surface area contributed by atoms with Crippen molar-refractivity contribution in [3.05, 3.63) is 17.5 Å². The van der Waals surface area contributed by atoms with Crippen LogP contribution in [0.5, 0.6) is 0 Å². The molecule has 1 rings (SSSR count). The third kappa shape index (κ3) is 3.89. The minimum absolute atomic E-state index is 0.0755. The van der Waals surface area contributed by atoms with Gasteiger partial charge in [0.15, 0.2) is 0 Å². The van der Waals surface area contributed by atoms with Gasteiger partial charge >= 0.3 is 0 Å². The third-order valence-electron chi connectivity index (χ3n) is 3.05. The number of hydrogen-bond donors (Lipinski definition) is 1. The first-order valence-electron chi connectivity index (χ1n) is 6.58. The maximum absolute atomic E-state index is 5.37. The van der Waals surface area contributed by atoms with E-state index < -0.39 is 0 Å². The van der Waals surface area contributed by atoms with E-state index in [1.807, 2.05) is 11.7 Å². The molecule has 0 spiro atoms. The first kappa shape index (κ1) is 14.8. The normalized spacial score (nSPS) is 13.3. The van der Waals surface area contributed by atoms with E-state index in [9.17, 15) is 0 Å². The molecule has 0 radical (unpaired) electrons. The average Bonchev–Trinajstić information content (AvgIpc) is 2.65. The van der Waals surface area contributed by atoms with Gasteiger partial charge in [-0.15, -0.1) is 12.3 Å². The van der Waals surface area contributed by atoms with Gasteiger partial charge in [0.2, 0.25) is 0 Å². The molecule has 1 atom stereocenters. The Labute approximate surface area is 111 Å². The van der Waals surface area contributed by atoms with Crippen molar-refractivity contribution in [2.45, 2.75) is 58.5 Å². The minimum Gasteiger partial charge on any atom is -0.309 e. The Morgan fingerprint density at radius 2 is 2.17 bits per heavy atom. The molecule has 0 aliphatic rings. The molecule has 0 saturated carbocycles. The number of nitrogens with zero attached hydrogens (tertiary/aromatic N) is 2.